The van der Waals surface area contributed by atoms with Crippen molar-refractivity contribution in [1.82, 2.24) is 5.32 Å². The van der Waals surface area contributed by atoms with Crippen molar-refractivity contribution < 1.29 is 4.79 Å². The summed E-state index contributed by atoms with van der Waals surface area (Å²) in [5.74, 6) is 6.49. The highest BCUT2D eigenvalue weighted by Crippen LogP contribution is 2.16. The molecule has 0 atom stereocenters. The van der Waals surface area contributed by atoms with Crippen molar-refractivity contribution in [3.05, 3.63) is 0 Å². The fraction of sp³-hybridized carbons (Fsp3) is 0.727. The average molecular weight is 179 g/mol. The molecule has 2 nitrogen and oxygen atoms in total. The highest BCUT2D eigenvalue weighted by molar-refractivity contribution is 5.81. The SMILES string of the molecule is CC#CCC(=O)CC1CCNCC1. The molecule has 1 rings (SSSR count). The summed E-state index contributed by atoms with van der Waals surface area (Å²) in [5, 5.41) is 3.29. The lowest BCUT2D eigenvalue weighted by atomic mass is 9.92. The summed E-state index contributed by atoms with van der Waals surface area (Å²) in [6.07, 6.45) is 3.47. The van der Waals surface area contributed by atoms with E-state index < -0.39 is 0 Å². The third-order valence-electron chi connectivity index (χ3n) is 2.44. The van der Waals surface area contributed by atoms with Crippen LogP contribution in [0.3, 0.4) is 0 Å². The van der Waals surface area contributed by atoms with E-state index in [-0.39, 0.29) is 0 Å². The lowest BCUT2D eigenvalue weighted by molar-refractivity contribution is -0.119. The molecule has 0 aliphatic carbocycles. The summed E-state index contributed by atoms with van der Waals surface area (Å²) in [5.41, 5.74) is 0. The minimum absolute atomic E-state index is 0.307. The number of ketones is 1. The molecule has 0 aromatic rings. The van der Waals surface area contributed by atoms with Crippen LogP contribution in [0.15, 0.2) is 0 Å². The van der Waals surface area contributed by atoms with Crippen molar-refractivity contribution in [2.75, 3.05) is 13.1 Å². The van der Waals surface area contributed by atoms with Gasteiger partial charge in [-0.15, -0.1) is 5.92 Å². The lowest BCUT2D eigenvalue weighted by Gasteiger charge is -2.21. The molecule has 0 aromatic heterocycles. The molecule has 0 bridgehead atoms. The van der Waals surface area contributed by atoms with E-state index in [1.54, 1.807) is 6.92 Å². The summed E-state index contributed by atoms with van der Waals surface area (Å²) < 4.78 is 0. The zero-order chi connectivity index (χ0) is 9.52. The fourth-order valence-corrected chi connectivity index (χ4v) is 1.67. The third-order valence-corrected chi connectivity index (χ3v) is 2.44. The van der Waals surface area contributed by atoms with Crippen LogP contribution < -0.4 is 5.32 Å². The number of carbonyl (C=O) groups excluding carboxylic acids is 1. The van der Waals surface area contributed by atoms with Crippen LogP contribution in [0.4, 0.5) is 0 Å². The largest absolute Gasteiger partial charge is 0.317 e. The standard InChI is InChI=1S/C11H17NO/c1-2-3-4-11(13)9-10-5-7-12-8-6-10/h10,12H,4-9H2,1H3. The van der Waals surface area contributed by atoms with Crippen LogP contribution in [0.5, 0.6) is 0 Å². The molecule has 1 N–H and O–H groups in total. The molecule has 0 radical (unpaired) electrons. The third kappa shape index (κ3) is 4.10. The molecular weight excluding hydrogens is 162 g/mol. The van der Waals surface area contributed by atoms with Crippen molar-refractivity contribution in [1.29, 1.82) is 0 Å². The Morgan fingerprint density at radius 1 is 1.46 bits per heavy atom. The topological polar surface area (TPSA) is 29.1 Å². The van der Waals surface area contributed by atoms with E-state index in [1.165, 1.54) is 0 Å². The fourth-order valence-electron chi connectivity index (χ4n) is 1.67. The minimum Gasteiger partial charge on any atom is -0.317 e. The number of hydrogen-bond acceptors (Lipinski definition) is 2. The van der Waals surface area contributed by atoms with E-state index in [1.807, 2.05) is 0 Å². The molecule has 1 saturated heterocycles. The molecule has 0 aromatic carbocycles. The Balaban J connectivity index is 2.20. The summed E-state index contributed by atoms with van der Waals surface area (Å²) in [7, 11) is 0. The van der Waals surface area contributed by atoms with E-state index in [9.17, 15) is 4.79 Å². The first-order chi connectivity index (χ1) is 6.33. The molecule has 0 spiro atoms. The number of nitrogens with one attached hydrogen (secondary N) is 1. The molecule has 1 heterocycles. The first-order valence-electron chi connectivity index (χ1n) is 4.95. The van der Waals surface area contributed by atoms with Crippen molar-refractivity contribution in [2.45, 2.75) is 32.6 Å². The van der Waals surface area contributed by atoms with Gasteiger partial charge in [-0.1, -0.05) is 5.92 Å². The molecule has 1 fully saturated rings. The minimum atomic E-state index is 0.307. The van der Waals surface area contributed by atoms with E-state index >= 15 is 0 Å². The molecule has 0 saturated carbocycles. The van der Waals surface area contributed by atoms with Gasteiger partial charge in [0.25, 0.3) is 0 Å². The van der Waals surface area contributed by atoms with Gasteiger partial charge in [0.15, 0.2) is 0 Å². The van der Waals surface area contributed by atoms with Crippen LogP contribution in [0.25, 0.3) is 0 Å². The second kappa shape index (κ2) is 5.77. The summed E-state index contributed by atoms with van der Waals surface area (Å²) in [6.45, 7) is 3.91. The average Bonchev–Trinajstić information content (AvgIpc) is 2.16. The van der Waals surface area contributed by atoms with E-state index in [2.05, 4.69) is 17.2 Å². The van der Waals surface area contributed by atoms with Crippen LogP contribution in [0, 0.1) is 17.8 Å². The van der Waals surface area contributed by atoms with Crippen LogP contribution in [-0.4, -0.2) is 18.9 Å². The smallest absolute Gasteiger partial charge is 0.145 e. The second-order valence-corrected chi connectivity index (χ2v) is 3.54. The predicted molar refractivity (Wildman–Crippen MR) is 53.3 cm³/mol. The number of hydrogen-bond donors (Lipinski definition) is 1. The maximum Gasteiger partial charge on any atom is 0.145 e. The Labute approximate surface area is 80.1 Å². The lowest BCUT2D eigenvalue weighted by Crippen LogP contribution is -2.28. The van der Waals surface area contributed by atoms with Gasteiger partial charge in [0.2, 0.25) is 0 Å². The van der Waals surface area contributed by atoms with Gasteiger partial charge < -0.3 is 5.32 Å². The zero-order valence-corrected chi connectivity index (χ0v) is 8.23. The Kier molecular flexibility index (Phi) is 4.56. The number of Topliss-reactive ketones (excluding diaryl/α,β-unsaturated/α-hetero) is 1. The second-order valence-electron chi connectivity index (χ2n) is 3.54. The normalized spacial score (nSPS) is 17.6. The van der Waals surface area contributed by atoms with Gasteiger partial charge in [0, 0.05) is 6.42 Å². The van der Waals surface area contributed by atoms with Crippen molar-refractivity contribution in [3.8, 4) is 11.8 Å². The van der Waals surface area contributed by atoms with Gasteiger partial charge in [-0.3, -0.25) is 4.79 Å². The Morgan fingerprint density at radius 2 is 2.15 bits per heavy atom. The number of piperidine rings is 1. The molecule has 13 heavy (non-hydrogen) atoms. The zero-order valence-electron chi connectivity index (χ0n) is 8.23. The monoisotopic (exact) mass is 179 g/mol. The van der Waals surface area contributed by atoms with E-state index in [0.717, 1.165) is 32.4 Å². The van der Waals surface area contributed by atoms with Crippen molar-refractivity contribution in [3.63, 3.8) is 0 Å². The maximum atomic E-state index is 11.3. The first kappa shape index (κ1) is 10.3. The summed E-state index contributed by atoms with van der Waals surface area (Å²) in [6, 6.07) is 0. The molecule has 72 valence electrons. The van der Waals surface area contributed by atoms with Gasteiger partial charge in [-0.25, -0.2) is 0 Å². The molecule has 2 heteroatoms. The molecule has 1 aliphatic heterocycles. The van der Waals surface area contributed by atoms with Gasteiger partial charge >= 0.3 is 0 Å². The Morgan fingerprint density at radius 3 is 2.77 bits per heavy atom. The van der Waals surface area contributed by atoms with Crippen molar-refractivity contribution >= 4 is 5.78 Å². The predicted octanol–water partition coefficient (Wildman–Crippen LogP) is 1.36. The van der Waals surface area contributed by atoms with Crippen LogP contribution in [-0.2, 0) is 4.79 Å². The highest BCUT2D eigenvalue weighted by Gasteiger charge is 2.15. The molecule has 0 amide bonds. The highest BCUT2D eigenvalue weighted by atomic mass is 16.1. The molecule has 0 unspecified atom stereocenters. The van der Waals surface area contributed by atoms with Gasteiger partial charge in [0.1, 0.15) is 5.78 Å². The first-order valence-corrected chi connectivity index (χ1v) is 4.95. The molecule has 1 aliphatic rings. The Hall–Kier alpha value is -0.810. The number of rotatable bonds is 3. The summed E-state index contributed by atoms with van der Waals surface area (Å²) in [4.78, 5) is 11.3. The van der Waals surface area contributed by atoms with Gasteiger partial charge in [-0.05, 0) is 38.8 Å². The molecular formula is C11H17NO. The summed E-state index contributed by atoms with van der Waals surface area (Å²) >= 11 is 0. The van der Waals surface area contributed by atoms with Crippen LogP contribution >= 0.6 is 0 Å². The van der Waals surface area contributed by atoms with Crippen molar-refractivity contribution in [2.24, 2.45) is 5.92 Å². The number of carbonyl (C=O) groups is 1. The van der Waals surface area contributed by atoms with Crippen LogP contribution in [0.1, 0.15) is 32.6 Å². The quantitative estimate of drug-likeness (QED) is 0.663. The Bertz CT molecular complexity index is 218. The maximum absolute atomic E-state index is 11.3. The van der Waals surface area contributed by atoms with Crippen LogP contribution in [0.2, 0.25) is 0 Å². The van der Waals surface area contributed by atoms with E-state index in [0.29, 0.717) is 18.1 Å². The van der Waals surface area contributed by atoms with E-state index in [4.69, 9.17) is 0 Å². The van der Waals surface area contributed by atoms with Gasteiger partial charge in [-0.2, -0.15) is 0 Å². The van der Waals surface area contributed by atoms with Gasteiger partial charge in [0.05, 0.1) is 6.42 Å².